The lowest BCUT2D eigenvalue weighted by atomic mass is 9.95. The molecule has 4 aromatic rings. The summed E-state index contributed by atoms with van der Waals surface area (Å²) in [6, 6.07) is 7.61. The zero-order valence-corrected chi connectivity index (χ0v) is 15.8. The molecule has 130 valence electrons. The van der Waals surface area contributed by atoms with Gasteiger partial charge >= 0.3 is 0 Å². The summed E-state index contributed by atoms with van der Waals surface area (Å²) < 4.78 is 7.53. The first-order chi connectivity index (χ1) is 12.5. The fraction of sp³-hybridized carbons (Fsp3) is 0.167. The molecule has 8 heteroatoms. The van der Waals surface area contributed by atoms with Gasteiger partial charge in [-0.15, -0.1) is 11.3 Å². The Kier molecular flexibility index (Phi) is 3.92. The molecule has 0 saturated heterocycles. The molecule has 1 aromatic carbocycles. The first-order valence-corrected chi connectivity index (χ1v) is 8.94. The molecule has 0 radical (unpaired) electrons. The van der Waals surface area contributed by atoms with Crippen molar-refractivity contribution in [1.82, 2.24) is 14.5 Å². The van der Waals surface area contributed by atoms with Gasteiger partial charge in [-0.3, -0.25) is 9.36 Å². The van der Waals surface area contributed by atoms with E-state index in [1.807, 2.05) is 51.1 Å². The van der Waals surface area contributed by atoms with Crippen molar-refractivity contribution in [3.63, 3.8) is 0 Å². The van der Waals surface area contributed by atoms with E-state index in [2.05, 4.69) is 9.97 Å². The van der Waals surface area contributed by atoms with Gasteiger partial charge in [0.25, 0.3) is 5.56 Å². The SMILES string of the molecule is Bc1ccc(-n2cnc3c(sc4nccc(N(C)C)c43)c2=O)cc1OC. The van der Waals surface area contributed by atoms with Crippen LogP contribution < -0.4 is 20.7 Å². The van der Waals surface area contributed by atoms with E-state index in [1.54, 1.807) is 24.2 Å². The molecule has 0 fully saturated rings. The summed E-state index contributed by atoms with van der Waals surface area (Å²) in [4.78, 5) is 25.0. The number of ether oxygens (including phenoxy) is 1. The van der Waals surface area contributed by atoms with Crippen molar-refractivity contribution in [2.75, 3.05) is 26.1 Å². The Bertz CT molecular complexity index is 1200. The number of anilines is 1. The lowest BCUT2D eigenvalue weighted by Crippen LogP contribution is -2.19. The average molecular weight is 364 g/mol. The van der Waals surface area contributed by atoms with E-state index in [-0.39, 0.29) is 5.56 Å². The van der Waals surface area contributed by atoms with Gasteiger partial charge in [0.05, 0.1) is 29.4 Å². The van der Waals surface area contributed by atoms with E-state index in [4.69, 9.17) is 4.74 Å². The van der Waals surface area contributed by atoms with Crippen LogP contribution in [-0.2, 0) is 0 Å². The summed E-state index contributed by atoms with van der Waals surface area (Å²) in [5, 5.41) is 0.920. The average Bonchev–Trinajstić information content (AvgIpc) is 3.02. The molecule has 0 amide bonds. The second-order valence-electron chi connectivity index (χ2n) is 6.26. The van der Waals surface area contributed by atoms with Gasteiger partial charge in [0, 0.05) is 26.4 Å². The van der Waals surface area contributed by atoms with Crippen LogP contribution in [0.25, 0.3) is 26.1 Å². The molecule has 6 nitrogen and oxygen atoms in total. The molecule has 3 aromatic heterocycles. The highest BCUT2D eigenvalue weighted by atomic mass is 32.1. The number of hydrogen-bond acceptors (Lipinski definition) is 6. The Morgan fingerprint density at radius 3 is 2.77 bits per heavy atom. The van der Waals surface area contributed by atoms with Crippen LogP contribution >= 0.6 is 11.3 Å². The van der Waals surface area contributed by atoms with Crippen LogP contribution in [0.3, 0.4) is 0 Å². The first-order valence-electron chi connectivity index (χ1n) is 8.12. The number of methoxy groups -OCH3 is 1. The van der Waals surface area contributed by atoms with Crippen LogP contribution in [0.4, 0.5) is 5.69 Å². The molecule has 0 saturated carbocycles. The van der Waals surface area contributed by atoms with Crippen LogP contribution in [0.2, 0.25) is 0 Å². The van der Waals surface area contributed by atoms with Gasteiger partial charge in [-0.2, -0.15) is 0 Å². The molecule has 26 heavy (non-hydrogen) atoms. The van der Waals surface area contributed by atoms with E-state index < -0.39 is 0 Å². The predicted molar refractivity (Wildman–Crippen MR) is 110 cm³/mol. The number of fused-ring (bicyclic) bond motifs is 3. The second-order valence-corrected chi connectivity index (χ2v) is 7.26. The highest BCUT2D eigenvalue weighted by molar-refractivity contribution is 7.25. The molecule has 0 spiro atoms. The van der Waals surface area contributed by atoms with E-state index in [0.29, 0.717) is 10.2 Å². The smallest absolute Gasteiger partial charge is 0.275 e. The number of benzene rings is 1. The van der Waals surface area contributed by atoms with Crippen molar-refractivity contribution in [1.29, 1.82) is 0 Å². The van der Waals surface area contributed by atoms with E-state index >= 15 is 0 Å². The molecule has 4 rings (SSSR count). The van der Waals surface area contributed by atoms with E-state index in [0.717, 1.165) is 32.8 Å². The number of thiophene rings is 1. The lowest BCUT2D eigenvalue weighted by Gasteiger charge is -2.13. The number of hydrogen-bond donors (Lipinski definition) is 0. The predicted octanol–water partition coefficient (Wildman–Crippen LogP) is 1.33. The summed E-state index contributed by atoms with van der Waals surface area (Å²) in [6.07, 6.45) is 3.34. The van der Waals surface area contributed by atoms with Crippen LogP contribution in [-0.4, -0.2) is 43.6 Å². The fourth-order valence-electron chi connectivity index (χ4n) is 3.05. The summed E-state index contributed by atoms with van der Waals surface area (Å²) in [6.45, 7) is 0. The number of nitrogens with zero attached hydrogens (tertiary/aromatic N) is 4. The third-order valence-electron chi connectivity index (χ3n) is 4.41. The Hall–Kier alpha value is -2.87. The molecule has 0 atom stereocenters. The van der Waals surface area contributed by atoms with Crippen LogP contribution in [0, 0.1) is 0 Å². The molecule has 3 heterocycles. The minimum atomic E-state index is -0.103. The Morgan fingerprint density at radius 1 is 1.23 bits per heavy atom. The van der Waals surface area contributed by atoms with Crippen molar-refractivity contribution in [2.24, 2.45) is 0 Å². The zero-order chi connectivity index (χ0) is 18.4. The largest absolute Gasteiger partial charge is 0.497 e. The summed E-state index contributed by atoms with van der Waals surface area (Å²) >= 11 is 1.38. The Labute approximate surface area is 155 Å². The van der Waals surface area contributed by atoms with Crippen molar-refractivity contribution in [3.8, 4) is 11.4 Å². The van der Waals surface area contributed by atoms with Gasteiger partial charge in [0.2, 0.25) is 0 Å². The van der Waals surface area contributed by atoms with Gasteiger partial charge in [-0.25, -0.2) is 9.97 Å². The number of pyridine rings is 1. The summed E-state index contributed by atoms with van der Waals surface area (Å²) in [7, 11) is 7.53. The molecule has 0 N–H and O–H groups in total. The lowest BCUT2D eigenvalue weighted by molar-refractivity contribution is 0.418. The van der Waals surface area contributed by atoms with E-state index in [9.17, 15) is 4.79 Å². The van der Waals surface area contributed by atoms with Gasteiger partial charge in [0.15, 0.2) is 0 Å². The first kappa shape index (κ1) is 16.6. The monoisotopic (exact) mass is 364 g/mol. The Morgan fingerprint density at radius 2 is 2.04 bits per heavy atom. The minimum absolute atomic E-state index is 0.103. The quantitative estimate of drug-likeness (QED) is 0.514. The van der Waals surface area contributed by atoms with Crippen LogP contribution in [0.15, 0.2) is 41.6 Å². The maximum atomic E-state index is 13.1. The zero-order valence-electron chi connectivity index (χ0n) is 15.0. The standard InChI is InChI=1S/C18H17BN4O2S/c1-22(2)12-6-7-20-17-14(12)15-16(26-17)18(24)23(9-21-15)10-4-5-11(19)13(8-10)25-3/h4-9H,19H2,1-3H3. The Balaban J connectivity index is 2.01. The summed E-state index contributed by atoms with van der Waals surface area (Å²) in [5.74, 6) is 0.738. The minimum Gasteiger partial charge on any atom is -0.497 e. The highest BCUT2D eigenvalue weighted by Gasteiger charge is 2.17. The topological polar surface area (TPSA) is 60.2 Å². The normalized spacial score (nSPS) is 11.2. The molecule has 0 aliphatic carbocycles. The molecule has 0 unspecified atom stereocenters. The van der Waals surface area contributed by atoms with Crippen molar-refractivity contribution >= 4 is 50.8 Å². The van der Waals surface area contributed by atoms with Crippen LogP contribution in [0.5, 0.6) is 5.75 Å². The van der Waals surface area contributed by atoms with Gasteiger partial charge in [0.1, 0.15) is 29.5 Å². The van der Waals surface area contributed by atoms with Crippen LogP contribution in [0.1, 0.15) is 0 Å². The molecule has 0 aliphatic rings. The fourth-order valence-corrected chi connectivity index (χ4v) is 4.10. The maximum absolute atomic E-state index is 13.1. The van der Waals surface area contributed by atoms with Gasteiger partial charge in [-0.05, 0) is 17.6 Å². The van der Waals surface area contributed by atoms with Crippen molar-refractivity contribution in [3.05, 3.63) is 47.1 Å². The molecule has 0 aliphatic heterocycles. The number of rotatable bonds is 3. The molecular formula is C18H17BN4O2S. The molecular weight excluding hydrogens is 347 g/mol. The molecule has 0 bridgehead atoms. The third kappa shape index (κ3) is 2.45. The van der Waals surface area contributed by atoms with Crippen molar-refractivity contribution < 1.29 is 4.74 Å². The van der Waals surface area contributed by atoms with E-state index in [1.165, 1.54) is 11.3 Å². The van der Waals surface area contributed by atoms with Crippen molar-refractivity contribution in [2.45, 2.75) is 0 Å². The highest BCUT2D eigenvalue weighted by Crippen LogP contribution is 2.35. The second kappa shape index (κ2) is 6.14. The summed E-state index contributed by atoms with van der Waals surface area (Å²) in [5.41, 5.74) is 3.34. The third-order valence-corrected chi connectivity index (χ3v) is 5.49. The number of aromatic nitrogens is 3. The van der Waals surface area contributed by atoms with Gasteiger partial charge < -0.3 is 9.64 Å². The van der Waals surface area contributed by atoms with Gasteiger partial charge in [-0.1, -0.05) is 6.07 Å². The maximum Gasteiger partial charge on any atom is 0.275 e.